The van der Waals surface area contributed by atoms with E-state index in [2.05, 4.69) is 20.6 Å². The lowest BCUT2D eigenvalue weighted by molar-refractivity contribution is -0.126. The van der Waals surface area contributed by atoms with Gasteiger partial charge in [-0.25, -0.2) is 14.4 Å². The third-order valence-electron chi connectivity index (χ3n) is 7.60. The van der Waals surface area contributed by atoms with Crippen LogP contribution in [-0.4, -0.2) is 52.0 Å². The van der Waals surface area contributed by atoms with E-state index in [1.807, 2.05) is 38.1 Å². The van der Waals surface area contributed by atoms with Gasteiger partial charge in [-0.3, -0.25) is 9.59 Å². The van der Waals surface area contributed by atoms with Crippen LogP contribution in [0.25, 0.3) is 11.3 Å². The summed E-state index contributed by atoms with van der Waals surface area (Å²) < 4.78 is 20.8. The monoisotopic (exact) mass is 565 g/mol. The minimum atomic E-state index is -0.792. The van der Waals surface area contributed by atoms with Crippen LogP contribution in [0.15, 0.2) is 42.6 Å². The first kappa shape index (κ1) is 28.0. The van der Waals surface area contributed by atoms with Gasteiger partial charge in [-0.1, -0.05) is 48.4 Å². The summed E-state index contributed by atoms with van der Waals surface area (Å²) in [7, 11) is 0. The lowest BCUT2D eigenvalue weighted by Crippen LogP contribution is -2.46. The number of fused-ring (bicyclic) bond motifs is 1. The molecule has 1 fully saturated rings. The predicted molar refractivity (Wildman–Crippen MR) is 152 cm³/mol. The van der Waals surface area contributed by atoms with Crippen molar-refractivity contribution in [2.24, 2.45) is 0 Å². The van der Waals surface area contributed by atoms with Crippen molar-refractivity contribution >= 4 is 29.4 Å². The highest BCUT2D eigenvalue weighted by atomic mass is 35.5. The molecule has 210 valence electrons. The zero-order valence-corrected chi connectivity index (χ0v) is 23.6. The molecule has 0 unspecified atom stereocenters. The molecule has 1 aromatic heterocycles. The third-order valence-corrected chi connectivity index (χ3v) is 7.88. The summed E-state index contributed by atoms with van der Waals surface area (Å²) in [5, 5.41) is 6.59. The van der Waals surface area contributed by atoms with E-state index in [0.717, 1.165) is 24.0 Å². The van der Waals surface area contributed by atoms with Crippen molar-refractivity contribution in [3.63, 3.8) is 0 Å². The number of nitrogens with zero attached hydrogens (tertiary/aromatic N) is 3. The number of nitrogens with one attached hydrogen (secondary N) is 2. The van der Waals surface area contributed by atoms with Crippen molar-refractivity contribution in [2.45, 2.75) is 64.7 Å². The highest BCUT2D eigenvalue weighted by Crippen LogP contribution is 2.34. The number of aromatic nitrogens is 2. The molecule has 8 nitrogen and oxygen atoms in total. The van der Waals surface area contributed by atoms with Crippen molar-refractivity contribution in [1.29, 1.82) is 0 Å². The van der Waals surface area contributed by atoms with E-state index in [4.69, 9.17) is 16.3 Å². The van der Waals surface area contributed by atoms with E-state index in [1.54, 1.807) is 13.0 Å². The molecule has 10 heteroatoms. The zero-order chi connectivity index (χ0) is 28.4. The third kappa shape index (κ3) is 5.81. The molecule has 40 heavy (non-hydrogen) atoms. The lowest BCUT2D eigenvalue weighted by Gasteiger charge is -2.26. The Hall–Kier alpha value is -3.56. The van der Waals surface area contributed by atoms with Crippen LogP contribution >= 0.6 is 11.6 Å². The average Bonchev–Trinajstić information content (AvgIpc) is 3.29. The van der Waals surface area contributed by atoms with Gasteiger partial charge in [-0.15, -0.1) is 0 Å². The molecule has 2 aromatic carbocycles. The zero-order valence-electron chi connectivity index (χ0n) is 22.8. The van der Waals surface area contributed by atoms with Gasteiger partial charge < -0.3 is 20.3 Å². The number of benzene rings is 2. The standard InChI is InChI=1S/C30H33ClFN5O3/c1-4-26(19-7-5-6-17(2)12-19)35-28(38)18(3)37-16-23-22(29(37)39)13-20(14-25(23)32)27-24(31)15-33-30(36-27)34-21-8-10-40-11-9-21/h5-7,12-15,18,21,26H,4,8-11,16H2,1-3H3,(H,35,38)(H,33,34,36)/t18-,26-/m1/s1. The van der Waals surface area contributed by atoms with Crippen molar-refractivity contribution in [2.75, 3.05) is 18.5 Å². The van der Waals surface area contributed by atoms with Gasteiger partial charge in [0.15, 0.2) is 0 Å². The van der Waals surface area contributed by atoms with Gasteiger partial charge >= 0.3 is 0 Å². The van der Waals surface area contributed by atoms with Crippen molar-refractivity contribution in [1.82, 2.24) is 20.2 Å². The quantitative estimate of drug-likeness (QED) is 0.377. The Morgan fingerprint density at radius 3 is 2.75 bits per heavy atom. The molecule has 2 aliphatic heterocycles. The van der Waals surface area contributed by atoms with Crippen LogP contribution in [0.4, 0.5) is 10.3 Å². The highest BCUT2D eigenvalue weighted by Gasteiger charge is 2.37. The molecule has 3 aromatic rings. The second-order valence-corrected chi connectivity index (χ2v) is 10.8. The second-order valence-electron chi connectivity index (χ2n) is 10.4. The Balaban J connectivity index is 1.35. The summed E-state index contributed by atoms with van der Waals surface area (Å²) in [5.74, 6) is -0.870. The number of rotatable bonds is 8. The summed E-state index contributed by atoms with van der Waals surface area (Å²) in [5.41, 5.74) is 3.26. The number of ether oxygens (including phenoxy) is 1. The van der Waals surface area contributed by atoms with E-state index in [-0.39, 0.29) is 40.7 Å². The molecule has 2 atom stereocenters. The Bertz CT molecular complexity index is 1430. The van der Waals surface area contributed by atoms with Crippen molar-refractivity contribution in [3.05, 3.63) is 75.7 Å². The van der Waals surface area contributed by atoms with Crippen molar-refractivity contribution in [3.8, 4) is 11.3 Å². The van der Waals surface area contributed by atoms with Gasteiger partial charge in [-0.05, 0) is 50.8 Å². The molecule has 2 amide bonds. The number of carbonyl (C=O) groups excluding carboxylic acids is 2. The number of hydrogen-bond donors (Lipinski definition) is 2. The van der Waals surface area contributed by atoms with Gasteiger partial charge in [0.25, 0.3) is 5.91 Å². The van der Waals surface area contributed by atoms with Gasteiger partial charge in [0, 0.05) is 35.9 Å². The SMILES string of the molecule is CC[C@@H](NC(=O)[C@@H](C)N1Cc2c(F)cc(-c3nc(NC4CCOCC4)ncc3Cl)cc2C1=O)c1cccc(C)c1. The largest absolute Gasteiger partial charge is 0.381 e. The summed E-state index contributed by atoms with van der Waals surface area (Å²) in [4.78, 5) is 36.9. The van der Waals surface area contributed by atoms with Gasteiger partial charge in [0.05, 0.1) is 29.5 Å². The number of aryl methyl sites for hydroxylation is 1. The number of hydrogen-bond acceptors (Lipinski definition) is 6. The van der Waals surface area contributed by atoms with E-state index >= 15 is 4.39 Å². The lowest BCUT2D eigenvalue weighted by atomic mass is 10.0. The number of anilines is 1. The fourth-order valence-electron chi connectivity index (χ4n) is 5.24. The molecule has 1 saturated heterocycles. The van der Waals surface area contributed by atoms with E-state index < -0.39 is 17.8 Å². The first-order valence-electron chi connectivity index (χ1n) is 13.6. The highest BCUT2D eigenvalue weighted by molar-refractivity contribution is 6.33. The first-order valence-corrected chi connectivity index (χ1v) is 14.0. The van der Waals surface area contributed by atoms with Crippen LogP contribution in [-0.2, 0) is 16.1 Å². The first-order chi connectivity index (χ1) is 19.2. The molecule has 0 radical (unpaired) electrons. The minimum absolute atomic E-state index is 0.00413. The van der Waals surface area contributed by atoms with Crippen LogP contribution in [0.2, 0.25) is 5.02 Å². The fraction of sp³-hybridized carbons (Fsp3) is 0.400. The molecular formula is C30H33ClFN5O3. The minimum Gasteiger partial charge on any atom is -0.381 e. The van der Waals surface area contributed by atoms with Gasteiger partial charge in [0.2, 0.25) is 11.9 Å². The van der Waals surface area contributed by atoms with Gasteiger partial charge in [-0.2, -0.15) is 0 Å². The molecule has 0 spiro atoms. The Kier molecular flexibility index (Phi) is 8.32. The van der Waals surface area contributed by atoms with Crippen LogP contribution in [0.3, 0.4) is 0 Å². The smallest absolute Gasteiger partial charge is 0.255 e. The summed E-state index contributed by atoms with van der Waals surface area (Å²) in [6.45, 7) is 6.99. The fourth-order valence-corrected chi connectivity index (χ4v) is 5.44. The van der Waals surface area contributed by atoms with Crippen LogP contribution in [0.5, 0.6) is 0 Å². The topological polar surface area (TPSA) is 96.5 Å². The van der Waals surface area contributed by atoms with Crippen LogP contribution < -0.4 is 10.6 Å². The number of halogens is 2. The molecule has 2 aliphatic rings. The molecule has 2 N–H and O–H groups in total. The number of amides is 2. The second kappa shape index (κ2) is 11.9. The molecule has 5 rings (SSSR count). The summed E-state index contributed by atoms with van der Waals surface area (Å²) in [6, 6.07) is 10.1. The Labute approximate surface area is 238 Å². The summed E-state index contributed by atoms with van der Waals surface area (Å²) in [6.07, 6.45) is 3.82. The Morgan fingerprint density at radius 2 is 2.02 bits per heavy atom. The van der Waals surface area contributed by atoms with Crippen LogP contribution in [0, 0.1) is 12.7 Å². The molecule has 3 heterocycles. The Morgan fingerprint density at radius 1 is 1.25 bits per heavy atom. The van der Waals surface area contributed by atoms with Gasteiger partial charge in [0.1, 0.15) is 11.9 Å². The number of carbonyl (C=O) groups is 2. The normalized spacial score (nSPS) is 16.9. The maximum atomic E-state index is 15.4. The predicted octanol–water partition coefficient (Wildman–Crippen LogP) is 5.45. The van der Waals surface area contributed by atoms with Crippen LogP contribution in [0.1, 0.15) is 66.2 Å². The van der Waals surface area contributed by atoms with Crippen molar-refractivity contribution < 1.29 is 18.7 Å². The molecule has 0 aliphatic carbocycles. The van der Waals surface area contributed by atoms with E-state index in [0.29, 0.717) is 36.8 Å². The molecular weight excluding hydrogens is 533 g/mol. The van der Waals surface area contributed by atoms with E-state index in [1.165, 1.54) is 17.2 Å². The molecule has 0 bridgehead atoms. The molecule has 0 saturated carbocycles. The average molecular weight is 566 g/mol. The maximum absolute atomic E-state index is 15.4. The van der Waals surface area contributed by atoms with E-state index in [9.17, 15) is 9.59 Å². The summed E-state index contributed by atoms with van der Waals surface area (Å²) >= 11 is 6.41. The maximum Gasteiger partial charge on any atom is 0.255 e.